The molecule has 2 aromatic rings. The minimum absolute atomic E-state index is 0.0483. The van der Waals surface area contributed by atoms with Gasteiger partial charge in [-0.25, -0.2) is 0 Å². The Morgan fingerprint density at radius 1 is 1.50 bits per heavy atom. The van der Waals surface area contributed by atoms with Crippen LogP contribution in [0.1, 0.15) is 19.8 Å². The maximum absolute atomic E-state index is 12.0. The van der Waals surface area contributed by atoms with Gasteiger partial charge in [-0.15, -0.1) is 0 Å². The lowest BCUT2D eigenvalue weighted by molar-refractivity contribution is -0.138. The van der Waals surface area contributed by atoms with Crippen LogP contribution in [-0.2, 0) is 14.3 Å². The average Bonchev–Trinajstić information content (AvgIpc) is 3.04. The molecule has 0 spiro atoms. The van der Waals surface area contributed by atoms with E-state index in [4.69, 9.17) is 13.9 Å². The van der Waals surface area contributed by atoms with Gasteiger partial charge in [-0.1, -0.05) is 0 Å². The van der Waals surface area contributed by atoms with Gasteiger partial charge in [-0.3, -0.25) is 9.59 Å². The number of ether oxygens (including phenoxy) is 2. The molecule has 0 unspecified atom stereocenters. The lowest BCUT2D eigenvalue weighted by Gasteiger charge is -2.07. The molecule has 1 amide bonds. The SMILES string of the molecule is CCOc1nc2cc(NC(=O)C[C@H]3COC(=O)C3)ccc2o1. The second-order valence-corrected chi connectivity index (χ2v) is 5.10. The van der Waals surface area contributed by atoms with Crippen molar-refractivity contribution in [1.82, 2.24) is 4.98 Å². The molecule has 1 aliphatic rings. The van der Waals surface area contributed by atoms with Gasteiger partial charge in [0.05, 0.1) is 19.6 Å². The number of aromatic nitrogens is 1. The van der Waals surface area contributed by atoms with Gasteiger partial charge in [0.25, 0.3) is 0 Å². The molecule has 1 N–H and O–H groups in total. The summed E-state index contributed by atoms with van der Waals surface area (Å²) in [4.78, 5) is 27.2. The normalized spacial score (nSPS) is 17.5. The van der Waals surface area contributed by atoms with E-state index in [9.17, 15) is 9.59 Å². The number of nitrogens with one attached hydrogen (secondary N) is 1. The van der Waals surface area contributed by atoms with Crippen molar-refractivity contribution < 1.29 is 23.5 Å². The fourth-order valence-electron chi connectivity index (χ4n) is 2.34. The number of fused-ring (bicyclic) bond motifs is 1. The Kier molecular flexibility index (Phi) is 3.95. The molecular formula is C15H16N2O5. The van der Waals surface area contributed by atoms with Gasteiger partial charge in [0.15, 0.2) is 5.58 Å². The second kappa shape index (κ2) is 6.05. The van der Waals surface area contributed by atoms with Crippen LogP contribution in [0.3, 0.4) is 0 Å². The highest BCUT2D eigenvalue weighted by Crippen LogP contribution is 2.24. The molecular weight excluding hydrogens is 288 g/mol. The van der Waals surface area contributed by atoms with E-state index in [-0.39, 0.29) is 30.3 Å². The van der Waals surface area contributed by atoms with Gasteiger partial charge < -0.3 is 19.2 Å². The predicted molar refractivity (Wildman–Crippen MR) is 77.5 cm³/mol. The van der Waals surface area contributed by atoms with E-state index in [1.165, 1.54) is 0 Å². The third-order valence-electron chi connectivity index (χ3n) is 3.33. The van der Waals surface area contributed by atoms with Crippen LogP contribution in [-0.4, -0.2) is 30.1 Å². The Morgan fingerprint density at radius 3 is 3.09 bits per heavy atom. The Morgan fingerprint density at radius 2 is 2.36 bits per heavy atom. The molecule has 2 heterocycles. The number of cyclic esters (lactones) is 1. The Hall–Kier alpha value is -2.57. The molecule has 0 radical (unpaired) electrons. The van der Waals surface area contributed by atoms with Crippen molar-refractivity contribution in [3.05, 3.63) is 18.2 Å². The summed E-state index contributed by atoms with van der Waals surface area (Å²) in [5.41, 5.74) is 1.83. The van der Waals surface area contributed by atoms with E-state index in [2.05, 4.69) is 10.3 Å². The highest BCUT2D eigenvalue weighted by atomic mass is 16.6. The van der Waals surface area contributed by atoms with Crippen LogP contribution in [0.25, 0.3) is 11.1 Å². The largest absolute Gasteiger partial charge is 0.465 e. The molecule has 1 atom stereocenters. The summed E-state index contributed by atoms with van der Waals surface area (Å²) >= 11 is 0. The summed E-state index contributed by atoms with van der Waals surface area (Å²) < 4.78 is 15.4. The summed E-state index contributed by atoms with van der Waals surface area (Å²) in [5.74, 6) is -0.450. The predicted octanol–water partition coefficient (Wildman–Crippen LogP) is 2.12. The highest BCUT2D eigenvalue weighted by Gasteiger charge is 2.25. The van der Waals surface area contributed by atoms with E-state index in [0.29, 0.717) is 36.4 Å². The monoisotopic (exact) mass is 304 g/mol. The number of hydrogen-bond donors (Lipinski definition) is 1. The van der Waals surface area contributed by atoms with Crippen molar-refractivity contribution in [3.63, 3.8) is 0 Å². The van der Waals surface area contributed by atoms with Crippen molar-refractivity contribution in [1.29, 1.82) is 0 Å². The number of carbonyl (C=O) groups excluding carboxylic acids is 2. The average molecular weight is 304 g/mol. The lowest BCUT2D eigenvalue weighted by Crippen LogP contribution is -2.16. The van der Waals surface area contributed by atoms with Gasteiger partial charge in [0.2, 0.25) is 5.91 Å². The molecule has 22 heavy (non-hydrogen) atoms. The molecule has 7 nitrogen and oxygen atoms in total. The molecule has 116 valence electrons. The Balaban J connectivity index is 1.65. The molecule has 1 saturated heterocycles. The van der Waals surface area contributed by atoms with Gasteiger partial charge >= 0.3 is 12.0 Å². The molecule has 1 aliphatic heterocycles. The number of nitrogens with zero attached hydrogens (tertiary/aromatic N) is 1. The number of carbonyl (C=O) groups is 2. The Bertz CT molecular complexity index is 709. The molecule has 0 saturated carbocycles. The van der Waals surface area contributed by atoms with E-state index in [1.54, 1.807) is 18.2 Å². The van der Waals surface area contributed by atoms with Gasteiger partial charge in [0.1, 0.15) is 5.52 Å². The van der Waals surface area contributed by atoms with Crippen LogP contribution in [0.15, 0.2) is 22.6 Å². The Labute approximate surface area is 126 Å². The van der Waals surface area contributed by atoms with Crippen LogP contribution in [0, 0.1) is 5.92 Å². The van der Waals surface area contributed by atoms with Crippen molar-refractivity contribution in [3.8, 4) is 6.08 Å². The van der Waals surface area contributed by atoms with Crippen LogP contribution in [0.5, 0.6) is 6.08 Å². The van der Waals surface area contributed by atoms with E-state index >= 15 is 0 Å². The summed E-state index contributed by atoms with van der Waals surface area (Å²) in [6, 6.07) is 5.18. The number of oxazole rings is 1. The first-order valence-corrected chi connectivity index (χ1v) is 7.13. The minimum Gasteiger partial charge on any atom is -0.465 e. The van der Waals surface area contributed by atoms with Gasteiger partial charge in [0, 0.05) is 18.0 Å². The third-order valence-corrected chi connectivity index (χ3v) is 3.33. The topological polar surface area (TPSA) is 90.7 Å². The zero-order valence-electron chi connectivity index (χ0n) is 12.1. The van der Waals surface area contributed by atoms with Crippen molar-refractivity contribution in [2.45, 2.75) is 19.8 Å². The minimum atomic E-state index is -0.245. The van der Waals surface area contributed by atoms with Crippen LogP contribution < -0.4 is 10.1 Å². The smallest absolute Gasteiger partial charge is 0.394 e. The molecule has 3 rings (SSSR count). The van der Waals surface area contributed by atoms with E-state index in [1.807, 2.05) is 6.92 Å². The first-order chi connectivity index (χ1) is 10.6. The molecule has 1 aromatic carbocycles. The number of amides is 1. The first-order valence-electron chi connectivity index (χ1n) is 7.13. The van der Waals surface area contributed by atoms with Crippen molar-refractivity contribution in [2.75, 3.05) is 18.5 Å². The summed E-state index contributed by atoms with van der Waals surface area (Å²) in [5, 5.41) is 2.79. The molecule has 7 heteroatoms. The zero-order chi connectivity index (χ0) is 15.5. The van der Waals surface area contributed by atoms with E-state index < -0.39 is 0 Å². The van der Waals surface area contributed by atoms with Gasteiger partial charge in [-0.05, 0) is 25.1 Å². The molecule has 1 aromatic heterocycles. The number of anilines is 1. The van der Waals surface area contributed by atoms with Crippen molar-refractivity contribution in [2.24, 2.45) is 5.92 Å². The number of hydrogen-bond acceptors (Lipinski definition) is 6. The standard InChI is InChI=1S/C15H16N2O5/c1-2-20-15-17-11-7-10(3-4-12(11)22-15)16-13(18)5-9-6-14(19)21-8-9/h3-4,7,9H,2,5-6,8H2,1H3,(H,16,18)/t9-/m1/s1. The van der Waals surface area contributed by atoms with Crippen molar-refractivity contribution >= 4 is 28.7 Å². The van der Waals surface area contributed by atoms with Gasteiger partial charge in [-0.2, -0.15) is 4.98 Å². The van der Waals surface area contributed by atoms with E-state index in [0.717, 1.165) is 0 Å². The quantitative estimate of drug-likeness (QED) is 0.851. The fraction of sp³-hybridized carbons (Fsp3) is 0.400. The third kappa shape index (κ3) is 3.19. The summed E-state index contributed by atoms with van der Waals surface area (Å²) in [6.07, 6.45) is 0.767. The van der Waals surface area contributed by atoms with Crippen LogP contribution in [0.4, 0.5) is 5.69 Å². The molecule has 0 aliphatic carbocycles. The number of esters is 1. The summed E-state index contributed by atoms with van der Waals surface area (Å²) in [6.45, 7) is 2.63. The summed E-state index contributed by atoms with van der Waals surface area (Å²) in [7, 11) is 0. The maximum Gasteiger partial charge on any atom is 0.394 e. The molecule has 1 fully saturated rings. The first kappa shape index (κ1) is 14.4. The number of rotatable bonds is 5. The van der Waals surface area contributed by atoms with Crippen LogP contribution in [0.2, 0.25) is 0 Å². The zero-order valence-corrected chi connectivity index (χ0v) is 12.1. The fourth-order valence-corrected chi connectivity index (χ4v) is 2.34. The lowest BCUT2D eigenvalue weighted by atomic mass is 10.0. The molecule has 0 bridgehead atoms. The highest BCUT2D eigenvalue weighted by molar-refractivity contribution is 5.93. The number of benzene rings is 1. The second-order valence-electron chi connectivity index (χ2n) is 5.10. The van der Waals surface area contributed by atoms with Crippen LogP contribution >= 0.6 is 0 Å². The maximum atomic E-state index is 12.0.